The van der Waals surface area contributed by atoms with Crippen molar-refractivity contribution in [3.63, 3.8) is 0 Å². The minimum atomic E-state index is -0.727. The molecule has 0 amide bonds. The predicted molar refractivity (Wildman–Crippen MR) is 60.3 cm³/mol. The van der Waals surface area contributed by atoms with Crippen LogP contribution in [-0.2, 0) is 19.0 Å². The third kappa shape index (κ3) is 1.38. The molecule has 0 aromatic heterocycles. The van der Waals surface area contributed by atoms with Crippen molar-refractivity contribution in [1.82, 2.24) is 0 Å². The molecule has 0 aromatic rings. The van der Waals surface area contributed by atoms with Crippen molar-refractivity contribution in [3.05, 3.63) is 0 Å². The number of fused-ring (bicyclic) bond motifs is 1. The van der Waals surface area contributed by atoms with Crippen LogP contribution in [0.2, 0.25) is 0 Å². The zero-order valence-electron chi connectivity index (χ0n) is 10.6. The summed E-state index contributed by atoms with van der Waals surface area (Å²) in [6.45, 7) is 2.62. The number of Topliss-reactive ketones (excluding diaryl/α,β-unsaturated/α-hetero) is 1. The first kappa shape index (κ1) is 11.6. The number of methoxy groups -OCH3 is 1. The topological polar surface area (TPSA) is 44.8 Å². The van der Waals surface area contributed by atoms with E-state index in [1.807, 2.05) is 6.92 Å². The van der Waals surface area contributed by atoms with Crippen LogP contribution < -0.4 is 0 Å². The summed E-state index contributed by atoms with van der Waals surface area (Å²) >= 11 is 0. The summed E-state index contributed by atoms with van der Waals surface area (Å²) in [6, 6.07) is 0. The molecule has 2 saturated heterocycles. The van der Waals surface area contributed by atoms with Gasteiger partial charge in [0.15, 0.2) is 11.6 Å². The van der Waals surface area contributed by atoms with Gasteiger partial charge in [-0.25, -0.2) is 0 Å². The quantitative estimate of drug-likeness (QED) is 0.703. The van der Waals surface area contributed by atoms with E-state index in [1.165, 1.54) is 0 Å². The molecule has 0 aromatic carbocycles. The van der Waals surface area contributed by atoms with Gasteiger partial charge in [-0.2, -0.15) is 0 Å². The lowest BCUT2D eigenvalue weighted by atomic mass is 9.64. The van der Waals surface area contributed by atoms with Gasteiger partial charge in [0, 0.05) is 32.8 Å². The first-order valence-corrected chi connectivity index (χ1v) is 6.49. The van der Waals surface area contributed by atoms with Crippen molar-refractivity contribution in [2.75, 3.05) is 13.7 Å². The van der Waals surface area contributed by atoms with E-state index in [0.717, 1.165) is 32.1 Å². The molecular weight excluding hydrogens is 220 g/mol. The number of ether oxygens (including phenoxy) is 3. The Morgan fingerprint density at radius 2 is 2.06 bits per heavy atom. The van der Waals surface area contributed by atoms with Crippen molar-refractivity contribution in [2.24, 2.45) is 5.41 Å². The lowest BCUT2D eigenvalue weighted by Crippen LogP contribution is -2.67. The number of carbonyl (C=O) groups is 1. The average Bonchev–Trinajstić information content (AvgIpc) is 2.33. The van der Waals surface area contributed by atoms with Crippen LogP contribution in [0.15, 0.2) is 0 Å². The summed E-state index contributed by atoms with van der Waals surface area (Å²) in [5.41, 5.74) is -0.478. The molecule has 2 bridgehead atoms. The summed E-state index contributed by atoms with van der Waals surface area (Å²) in [4.78, 5) is 12.2. The number of rotatable bonds is 1. The van der Waals surface area contributed by atoms with Gasteiger partial charge >= 0.3 is 0 Å². The molecule has 2 aliphatic heterocycles. The number of hydrogen-bond acceptors (Lipinski definition) is 4. The van der Waals surface area contributed by atoms with Gasteiger partial charge in [-0.15, -0.1) is 0 Å². The fourth-order valence-corrected chi connectivity index (χ4v) is 3.59. The second-order valence-corrected chi connectivity index (χ2v) is 5.68. The minimum Gasteiger partial charge on any atom is -0.353 e. The molecule has 0 N–H and O–H groups in total. The zero-order chi connectivity index (χ0) is 12.1. The SMILES string of the molecule is COC12CCOC3(CCCC(=O)C3(C)CC1)O2. The van der Waals surface area contributed by atoms with Gasteiger partial charge in [-0.05, 0) is 19.8 Å². The fourth-order valence-electron chi connectivity index (χ4n) is 3.59. The Balaban J connectivity index is 2.00. The van der Waals surface area contributed by atoms with Crippen molar-refractivity contribution < 1.29 is 19.0 Å². The number of carbonyl (C=O) groups excluding carboxylic acids is 1. The monoisotopic (exact) mass is 240 g/mol. The molecule has 3 unspecified atom stereocenters. The molecule has 96 valence electrons. The van der Waals surface area contributed by atoms with Gasteiger partial charge in [-0.1, -0.05) is 0 Å². The van der Waals surface area contributed by atoms with Gasteiger partial charge in [0.1, 0.15) is 5.78 Å². The largest absolute Gasteiger partial charge is 0.353 e. The van der Waals surface area contributed by atoms with Gasteiger partial charge in [0.25, 0.3) is 0 Å². The maximum absolute atomic E-state index is 12.2. The Labute approximate surface area is 102 Å². The third-order valence-electron chi connectivity index (χ3n) is 4.91. The molecule has 0 radical (unpaired) electrons. The molecule has 3 atom stereocenters. The lowest BCUT2D eigenvalue weighted by Gasteiger charge is -2.60. The Kier molecular flexibility index (Phi) is 2.41. The van der Waals surface area contributed by atoms with E-state index in [9.17, 15) is 4.79 Å². The molecule has 3 rings (SSSR count). The fraction of sp³-hybridized carbons (Fsp3) is 0.923. The van der Waals surface area contributed by atoms with E-state index in [-0.39, 0.29) is 5.78 Å². The average molecular weight is 240 g/mol. The lowest BCUT2D eigenvalue weighted by molar-refractivity contribution is -0.442. The van der Waals surface area contributed by atoms with Gasteiger partial charge in [-0.3, -0.25) is 4.79 Å². The van der Waals surface area contributed by atoms with E-state index in [0.29, 0.717) is 13.0 Å². The second kappa shape index (κ2) is 3.53. The highest BCUT2D eigenvalue weighted by Gasteiger charge is 2.65. The Bertz CT molecular complexity index is 351. The first-order chi connectivity index (χ1) is 8.06. The van der Waals surface area contributed by atoms with Crippen LogP contribution in [0.5, 0.6) is 0 Å². The molecule has 4 nitrogen and oxygen atoms in total. The maximum Gasteiger partial charge on any atom is 0.183 e. The second-order valence-electron chi connectivity index (χ2n) is 5.68. The molecule has 1 saturated carbocycles. The molecule has 1 aliphatic carbocycles. The molecular formula is C13H20O4. The van der Waals surface area contributed by atoms with Crippen LogP contribution in [0.1, 0.15) is 45.4 Å². The summed E-state index contributed by atoms with van der Waals surface area (Å²) in [6.07, 6.45) is 4.67. The smallest absolute Gasteiger partial charge is 0.183 e. The van der Waals surface area contributed by atoms with Gasteiger partial charge in [0.05, 0.1) is 12.0 Å². The Morgan fingerprint density at radius 1 is 1.24 bits per heavy atom. The van der Waals surface area contributed by atoms with Gasteiger partial charge in [0.2, 0.25) is 0 Å². The van der Waals surface area contributed by atoms with E-state index in [1.54, 1.807) is 7.11 Å². The van der Waals surface area contributed by atoms with Gasteiger partial charge < -0.3 is 14.2 Å². The van der Waals surface area contributed by atoms with E-state index < -0.39 is 17.0 Å². The van der Waals surface area contributed by atoms with Crippen LogP contribution >= 0.6 is 0 Å². The molecule has 4 heteroatoms. The molecule has 3 fully saturated rings. The highest BCUT2D eigenvalue weighted by Crippen LogP contribution is 2.57. The Hall–Kier alpha value is -0.450. The van der Waals surface area contributed by atoms with Crippen LogP contribution in [0.25, 0.3) is 0 Å². The van der Waals surface area contributed by atoms with Crippen LogP contribution in [0.4, 0.5) is 0 Å². The Morgan fingerprint density at radius 3 is 2.82 bits per heavy atom. The highest BCUT2D eigenvalue weighted by molar-refractivity contribution is 5.86. The van der Waals surface area contributed by atoms with Crippen molar-refractivity contribution in [1.29, 1.82) is 0 Å². The van der Waals surface area contributed by atoms with E-state index in [4.69, 9.17) is 14.2 Å². The summed E-state index contributed by atoms with van der Waals surface area (Å²) in [5, 5.41) is 0. The maximum atomic E-state index is 12.2. The first-order valence-electron chi connectivity index (χ1n) is 6.49. The van der Waals surface area contributed by atoms with Crippen LogP contribution in [0.3, 0.4) is 0 Å². The highest BCUT2D eigenvalue weighted by atomic mass is 16.8. The van der Waals surface area contributed by atoms with Crippen molar-refractivity contribution in [2.45, 2.75) is 57.0 Å². The summed E-state index contributed by atoms with van der Waals surface area (Å²) in [5.74, 6) is -0.958. The van der Waals surface area contributed by atoms with Crippen molar-refractivity contribution in [3.8, 4) is 0 Å². The molecule has 1 spiro atoms. The number of hydrogen-bond donors (Lipinski definition) is 0. The number of ketones is 1. The predicted octanol–water partition coefficient (Wildman–Crippen LogP) is 2.02. The third-order valence-corrected chi connectivity index (χ3v) is 4.91. The standard InChI is InChI=1S/C13H20O4/c1-11-6-7-12(15-2)8-9-16-13(11,17-12)5-3-4-10(11)14/h3-9H2,1-2H3. The summed E-state index contributed by atoms with van der Waals surface area (Å²) < 4.78 is 17.6. The summed E-state index contributed by atoms with van der Waals surface area (Å²) in [7, 11) is 1.69. The zero-order valence-corrected chi connectivity index (χ0v) is 10.6. The van der Waals surface area contributed by atoms with Crippen LogP contribution in [0, 0.1) is 5.41 Å². The van der Waals surface area contributed by atoms with E-state index >= 15 is 0 Å². The van der Waals surface area contributed by atoms with Crippen LogP contribution in [-0.4, -0.2) is 31.1 Å². The molecule has 3 aliphatic rings. The van der Waals surface area contributed by atoms with Crippen molar-refractivity contribution >= 4 is 5.78 Å². The molecule has 17 heavy (non-hydrogen) atoms. The molecule has 2 heterocycles. The van der Waals surface area contributed by atoms with E-state index in [2.05, 4.69) is 0 Å². The normalized spacial score (nSPS) is 49.9. The minimum absolute atomic E-state index is 0.287.